The van der Waals surface area contributed by atoms with E-state index < -0.39 is 5.79 Å². The minimum atomic E-state index is -0.789. The predicted molar refractivity (Wildman–Crippen MR) is 131 cm³/mol. The summed E-state index contributed by atoms with van der Waals surface area (Å²) in [6.45, 7) is 8.38. The smallest absolute Gasteiger partial charge is 0.254 e. The number of aryl methyl sites for hydroxylation is 2. The number of amides is 1. The zero-order valence-electron chi connectivity index (χ0n) is 20.7. The number of carbonyl (C=O) groups excluding carboxylic acids is 1. The molecule has 1 amide bonds. The third-order valence-electron chi connectivity index (χ3n) is 7.86. The molecular formula is C26H32ClN3O4. The molecule has 0 saturated heterocycles. The number of pyridine rings is 1. The first-order valence-electron chi connectivity index (χ1n) is 11.9. The summed E-state index contributed by atoms with van der Waals surface area (Å²) in [4.78, 5) is 33.0. The van der Waals surface area contributed by atoms with Crippen molar-refractivity contribution in [3.05, 3.63) is 55.0 Å². The molecule has 1 saturated carbocycles. The van der Waals surface area contributed by atoms with E-state index in [9.17, 15) is 9.59 Å². The summed E-state index contributed by atoms with van der Waals surface area (Å²) < 4.78 is 12.8. The number of nitrogens with zero attached hydrogens (tertiary/aromatic N) is 2. The minimum Gasteiger partial charge on any atom is -0.448 e. The molecule has 1 atom stereocenters. The second-order valence-corrected chi connectivity index (χ2v) is 10.8. The highest BCUT2D eigenvalue weighted by Gasteiger charge is 2.52. The van der Waals surface area contributed by atoms with Crippen LogP contribution in [-0.4, -0.2) is 53.2 Å². The van der Waals surface area contributed by atoms with Gasteiger partial charge >= 0.3 is 0 Å². The van der Waals surface area contributed by atoms with Crippen LogP contribution in [0.15, 0.2) is 10.9 Å². The van der Waals surface area contributed by atoms with E-state index in [4.69, 9.17) is 21.1 Å². The van der Waals surface area contributed by atoms with Gasteiger partial charge < -0.3 is 24.3 Å². The highest BCUT2D eigenvalue weighted by molar-refractivity contribution is 6.34. The van der Waals surface area contributed by atoms with Crippen LogP contribution in [0.1, 0.15) is 58.1 Å². The Balaban J connectivity index is 1.45. The fourth-order valence-electron chi connectivity index (χ4n) is 5.55. The Morgan fingerprint density at radius 3 is 2.50 bits per heavy atom. The van der Waals surface area contributed by atoms with Crippen LogP contribution in [0.4, 0.5) is 0 Å². The quantitative estimate of drug-likeness (QED) is 0.709. The average Bonchev–Trinajstić information content (AvgIpc) is 3.07. The summed E-state index contributed by atoms with van der Waals surface area (Å²) in [6, 6.07) is 2.45. The largest absolute Gasteiger partial charge is 0.448 e. The lowest BCUT2D eigenvalue weighted by Gasteiger charge is -2.45. The second kappa shape index (κ2) is 8.02. The fraction of sp³-hybridized carbons (Fsp3) is 0.538. The highest BCUT2D eigenvalue weighted by atomic mass is 35.5. The number of hydrogen-bond donors (Lipinski definition) is 1. The normalized spacial score (nSPS) is 25.5. The van der Waals surface area contributed by atoms with Crippen molar-refractivity contribution >= 4 is 17.5 Å². The molecule has 182 valence electrons. The highest BCUT2D eigenvalue weighted by Crippen LogP contribution is 2.55. The van der Waals surface area contributed by atoms with Crippen molar-refractivity contribution in [2.24, 2.45) is 5.92 Å². The van der Waals surface area contributed by atoms with Crippen molar-refractivity contribution in [1.29, 1.82) is 0 Å². The van der Waals surface area contributed by atoms with Gasteiger partial charge in [-0.05, 0) is 71.3 Å². The number of nitrogens with one attached hydrogen (secondary N) is 1. The maximum atomic E-state index is 13.6. The number of hydrogen-bond acceptors (Lipinski definition) is 5. The van der Waals surface area contributed by atoms with Gasteiger partial charge in [0, 0.05) is 42.2 Å². The van der Waals surface area contributed by atoms with Crippen molar-refractivity contribution in [2.45, 2.75) is 65.3 Å². The molecule has 2 aliphatic heterocycles. The molecule has 1 aliphatic carbocycles. The Kier molecular flexibility index (Phi) is 5.48. The molecule has 1 aromatic carbocycles. The van der Waals surface area contributed by atoms with E-state index in [2.05, 4.69) is 24.0 Å². The number of carbonyl (C=O) groups is 1. The predicted octanol–water partition coefficient (Wildman–Crippen LogP) is 3.98. The summed E-state index contributed by atoms with van der Waals surface area (Å²) in [5.41, 5.74) is 4.29. The molecule has 1 fully saturated rings. The minimum absolute atomic E-state index is 0.128. The van der Waals surface area contributed by atoms with Gasteiger partial charge in [-0.3, -0.25) is 9.59 Å². The first-order valence-corrected chi connectivity index (χ1v) is 12.3. The van der Waals surface area contributed by atoms with E-state index in [0.29, 0.717) is 46.7 Å². The van der Waals surface area contributed by atoms with Crippen molar-refractivity contribution < 1.29 is 14.3 Å². The number of rotatable bonds is 4. The molecule has 2 aromatic rings. The lowest BCUT2D eigenvalue weighted by molar-refractivity contribution is -0.148. The Hall–Kier alpha value is -2.51. The first-order chi connectivity index (χ1) is 16.0. The number of benzene rings is 1. The average molecular weight is 486 g/mol. The van der Waals surface area contributed by atoms with Gasteiger partial charge in [0.05, 0.1) is 17.1 Å². The van der Waals surface area contributed by atoms with Gasteiger partial charge in [0.15, 0.2) is 11.5 Å². The van der Waals surface area contributed by atoms with E-state index in [0.717, 1.165) is 35.2 Å². The van der Waals surface area contributed by atoms with E-state index in [1.807, 2.05) is 33.8 Å². The molecule has 3 aliphatic rings. The molecule has 7 nitrogen and oxygen atoms in total. The summed E-state index contributed by atoms with van der Waals surface area (Å²) in [5, 5.41) is 0.472. The summed E-state index contributed by atoms with van der Waals surface area (Å²) >= 11 is 6.82. The van der Waals surface area contributed by atoms with Gasteiger partial charge in [-0.2, -0.15) is 0 Å². The molecule has 8 heteroatoms. The molecule has 1 N–H and O–H groups in total. The number of halogens is 1. The van der Waals surface area contributed by atoms with E-state index in [1.165, 1.54) is 0 Å². The van der Waals surface area contributed by atoms with Gasteiger partial charge in [0.1, 0.15) is 0 Å². The van der Waals surface area contributed by atoms with Crippen LogP contribution in [0.25, 0.3) is 0 Å². The summed E-state index contributed by atoms with van der Waals surface area (Å²) in [5.74, 6) is 0.460. The Bertz CT molecular complexity index is 1250. The summed E-state index contributed by atoms with van der Waals surface area (Å²) in [6.07, 6.45) is 2.58. The zero-order chi connectivity index (χ0) is 24.5. The molecule has 0 bridgehead atoms. The monoisotopic (exact) mass is 485 g/mol. The maximum absolute atomic E-state index is 13.6. The molecule has 5 rings (SSSR count). The molecule has 1 aromatic heterocycles. The Morgan fingerprint density at radius 2 is 1.85 bits per heavy atom. The van der Waals surface area contributed by atoms with Crippen LogP contribution >= 0.6 is 11.6 Å². The third kappa shape index (κ3) is 3.52. The number of H-pyrrole nitrogens is 1. The van der Waals surface area contributed by atoms with Crippen LogP contribution < -0.4 is 15.0 Å². The van der Waals surface area contributed by atoms with Crippen LogP contribution in [0, 0.1) is 26.7 Å². The fourth-order valence-corrected chi connectivity index (χ4v) is 5.86. The molecule has 0 radical (unpaired) electrons. The lowest BCUT2D eigenvalue weighted by atomic mass is 9.74. The van der Waals surface area contributed by atoms with Gasteiger partial charge in [-0.15, -0.1) is 0 Å². The summed E-state index contributed by atoms with van der Waals surface area (Å²) in [7, 11) is 4.18. The standard InChI is InChI=1S/C26H32ClN3O4/c1-13-9-14(2)28-24(31)19(13)12-30-8-7-18-20(25(30)32)15(3)22-23(21(18)27)34-26(4,33-22)16-10-17(11-16)29(5)6/h9,16-17H,7-8,10-12H2,1-6H3,(H,28,31)/t16-,17-,26?. The van der Waals surface area contributed by atoms with Crippen molar-refractivity contribution in [3.8, 4) is 11.5 Å². The van der Waals surface area contributed by atoms with Crippen LogP contribution in [0.3, 0.4) is 0 Å². The van der Waals surface area contributed by atoms with E-state index >= 15 is 0 Å². The Morgan fingerprint density at radius 1 is 1.18 bits per heavy atom. The maximum Gasteiger partial charge on any atom is 0.254 e. The van der Waals surface area contributed by atoms with Crippen LogP contribution in [0.5, 0.6) is 11.5 Å². The van der Waals surface area contributed by atoms with Crippen LogP contribution in [0.2, 0.25) is 5.02 Å². The molecule has 3 heterocycles. The first kappa shape index (κ1) is 23.2. The number of aromatic amines is 1. The third-order valence-corrected chi connectivity index (χ3v) is 8.26. The number of aromatic nitrogens is 1. The van der Waals surface area contributed by atoms with E-state index in [1.54, 1.807) is 4.90 Å². The number of ether oxygens (including phenoxy) is 2. The molecule has 34 heavy (non-hydrogen) atoms. The second-order valence-electron chi connectivity index (χ2n) is 10.4. The lowest BCUT2D eigenvalue weighted by Crippen LogP contribution is -2.54. The van der Waals surface area contributed by atoms with Crippen molar-refractivity contribution in [2.75, 3.05) is 20.6 Å². The van der Waals surface area contributed by atoms with Gasteiger partial charge in [0.2, 0.25) is 0 Å². The van der Waals surface area contributed by atoms with Crippen molar-refractivity contribution in [3.63, 3.8) is 0 Å². The SMILES string of the molecule is Cc1cc(C)c(CN2CCc3c(Cl)c4c(c(C)c3C2=O)OC(C)([C@H]2C[C@H](N(C)C)C2)O4)c(=O)[nH]1. The van der Waals surface area contributed by atoms with Crippen molar-refractivity contribution in [1.82, 2.24) is 14.8 Å². The zero-order valence-corrected chi connectivity index (χ0v) is 21.4. The molecular weight excluding hydrogens is 454 g/mol. The van der Waals surface area contributed by atoms with Crippen LogP contribution in [-0.2, 0) is 13.0 Å². The van der Waals surface area contributed by atoms with Gasteiger partial charge in [-0.1, -0.05) is 11.6 Å². The van der Waals surface area contributed by atoms with Gasteiger partial charge in [0.25, 0.3) is 17.3 Å². The molecule has 1 unspecified atom stereocenters. The van der Waals surface area contributed by atoms with E-state index in [-0.39, 0.29) is 23.9 Å². The topological polar surface area (TPSA) is 74.9 Å². The molecule has 0 spiro atoms. The number of fused-ring (bicyclic) bond motifs is 2. The Labute approximate surface area is 205 Å². The van der Waals surface area contributed by atoms with Gasteiger partial charge in [-0.25, -0.2) is 0 Å².